The average Bonchev–Trinajstić information content (AvgIpc) is 2.86. The molecule has 0 aliphatic carbocycles. The van der Waals surface area contributed by atoms with Crippen molar-refractivity contribution in [3.05, 3.63) is 12.5 Å². The van der Waals surface area contributed by atoms with Crippen molar-refractivity contribution in [1.29, 1.82) is 0 Å². The molecule has 1 aromatic rings. The highest BCUT2D eigenvalue weighted by atomic mass is 32.2. The van der Waals surface area contributed by atoms with Gasteiger partial charge in [-0.2, -0.15) is 4.31 Å². The van der Waals surface area contributed by atoms with Crippen molar-refractivity contribution < 1.29 is 18.3 Å². The van der Waals surface area contributed by atoms with Crippen LogP contribution in [0.2, 0.25) is 0 Å². The van der Waals surface area contributed by atoms with Crippen LogP contribution in [0.4, 0.5) is 0 Å². The molecule has 2 heterocycles. The molecule has 21 heavy (non-hydrogen) atoms. The van der Waals surface area contributed by atoms with E-state index in [9.17, 15) is 13.2 Å². The van der Waals surface area contributed by atoms with Crippen molar-refractivity contribution in [2.75, 3.05) is 26.2 Å². The van der Waals surface area contributed by atoms with Gasteiger partial charge in [0.1, 0.15) is 0 Å². The van der Waals surface area contributed by atoms with E-state index in [1.54, 1.807) is 11.6 Å². The van der Waals surface area contributed by atoms with Crippen molar-refractivity contribution in [2.24, 2.45) is 13.0 Å². The predicted molar refractivity (Wildman–Crippen MR) is 75.2 cm³/mol. The lowest BCUT2D eigenvalue weighted by molar-refractivity contribution is -0.136. The van der Waals surface area contributed by atoms with Crippen LogP contribution in [0.3, 0.4) is 0 Å². The van der Waals surface area contributed by atoms with E-state index in [0.29, 0.717) is 19.6 Å². The number of aliphatic carboxylic acids is 1. The van der Waals surface area contributed by atoms with Crippen LogP contribution in [0.15, 0.2) is 17.6 Å². The topological polar surface area (TPSA) is 105 Å². The first-order valence-corrected chi connectivity index (χ1v) is 8.24. The van der Waals surface area contributed by atoms with Crippen LogP contribution < -0.4 is 5.32 Å². The molecule has 1 saturated heterocycles. The number of rotatable bonds is 6. The Hall–Kier alpha value is -1.45. The highest BCUT2D eigenvalue weighted by molar-refractivity contribution is 7.89. The first kappa shape index (κ1) is 15.9. The van der Waals surface area contributed by atoms with Crippen molar-refractivity contribution >= 4 is 16.0 Å². The van der Waals surface area contributed by atoms with Gasteiger partial charge in [0.2, 0.25) is 0 Å². The Morgan fingerprint density at radius 1 is 1.57 bits per heavy atom. The van der Waals surface area contributed by atoms with Crippen LogP contribution in [-0.4, -0.2) is 59.5 Å². The number of aromatic nitrogens is 2. The normalized spacial score (nSPS) is 20.5. The minimum atomic E-state index is -3.56. The number of carboxylic acids is 1. The van der Waals surface area contributed by atoms with Gasteiger partial charge < -0.3 is 15.0 Å². The summed E-state index contributed by atoms with van der Waals surface area (Å²) in [5.74, 6) is -0.791. The van der Waals surface area contributed by atoms with E-state index >= 15 is 0 Å². The van der Waals surface area contributed by atoms with Crippen molar-refractivity contribution in [1.82, 2.24) is 19.2 Å². The lowest BCUT2D eigenvalue weighted by Gasteiger charge is -2.31. The molecule has 1 atom stereocenters. The minimum absolute atomic E-state index is 0.0594. The van der Waals surface area contributed by atoms with Gasteiger partial charge in [-0.1, -0.05) is 0 Å². The van der Waals surface area contributed by atoms with Crippen LogP contribution in [0, 0.1) is 5.92 Å². The van der Waals surface area contributed by atoms with Gasteiger partial charge in [-0.3, -0.25) is 4.79 Å². The molecule has 0 radical (unpaired) electrons. The summed E-state index contributed by atoms with van der Waals surface area (Å²) in [7, 11) is -1.84. The Bertz CT molecular complexity index is 598. The fourth-order valence-corrected chi connectivity index (χ4v) is 3.97. The zero-order valence-electron chi connectivity index (χ0n) is 11.9. The van der Waals surface area contributed by atoms with Gasteiger partial charge in [-0.05, 0) is 25.3 Å². The Balaban J connectivity index is 1.98. The van der Waals surface area contributed by atoms with Crippen molar-refractivity contribution in [3.63, 3.8) is 0 Å². The van der Waals surface area contributed by atoms with Gasteiger partial charge >= 0.3 is 5.97 Å². The number of imidazole rings is 1. The predicted octanol–water partition coefficient (Wildman–Crippen LogP) is -0.505. The third kappa shape index (κ3) is 4.02. The van der Waals surface area contributed by atoms with Gasteiger partial charge in [-0.15, -0.1) is 0 Å². The highest BCUT2D eigenvalue weighted by Crippen LogP contribution is 2.22. The zero-order valence-corrected chi connectivity index (χ0v) is 12.7. The average molecular weight is 316 g/mol. The molecule has 2 N–H and O–H groups in total. The Morgan fingerprint density at radius 2 is 2.33 bits per heavy atom. The third-order valence-electron chi connectivity index (χ3n) is 3.48. The molecule has 8 nitrogen and oxygen atoms in total. The molecule has 118 valence electrons. The second-order valence-electron chi connectivity index (χ2n) is 5.27. The molecule has 1 aromatic heterocycles. The maximum atomic E-state index is 12.5. The molecule has 9 heteroatoms. The quantitative estimate of drug-likeness (QED) is 0.733. The summed E-state index contributed by atoms with van der Waals surface area (Å²) in [4.78, 5) is 14.4. The van der Waals surface area contributed by atoms with Crippen molar-refractivity contribution in [2.45, 2.75) is 17.9 Å². The van der Waals surface area contributed by atoms with E-state index in [4.69, 9.17) is 5.11 Å². The standard InChI is InChI=1S/C12H20N4O4S/c1-15-8-11(14-9-15)21(19,20)16-4-2-3-10(7-16)5-13-6-12(17)18/h8-10,13H,2-7H2,1H3,(H,17,18). The highest BCUT2D eigenvalue weighted by Gasteiger charge is 2.31. The SMILES string of the molecule is Cn1cnc(S(=O)(=O)N2CCCC(CNCC(=O)O)C2)c1. The number of hydrogen-bond donors (Lipinski definition) is 2. The Kier molecular flexibility index (Phi) is 4.96. The maximum absolute atomic E-state index is 12.5. The molecule has 1 aliphatic heterocycles. The number of sulfonamides is 1. The van der Waals surface area contributed by atoms with Gasteiger partial charge in [0.15, 0.2) is 5.03 Å². The number of carboxylic acid groups (broad SMARTS) is 1. The van der Waals surface area contributed by atoms with Gasteiger partial charge in [0.05, 0.1) is 12.9 Å². The molecular formula is C12H20N4O4S. The summed E-state index contributed by atoms with van der Waals surface area (Å²) in [6.45, 7) is 1.27. The van der Waals surface area contributed by atoms with E-state index in [1.165, 1.54) is 16.8 Å². The number of nitrogens with zero attached hydrogens (tertiary/aromatic N) is 3. The second kappa shape index (κ2) is 6.54. The Labute approximate surface area is 123 Å². The summed E-state index contributed by atoms with van der Waals surface area (Å²) in [6, 6.07) is 0. The number of nitrogens with one attached hydrogen (secondary N) is 1. The molecule has 0 aromatic carbocycles. The zero-order chi connectivity index (χ0) is 15.5. The lowest BCUT2D eigenvalue weighted by atomic mass is 10.00. The van der Waals surface area contributed by atoms with Crippen molar-refractivity contribution in [3.8, 4) is 0 Å². The molecule has 1 unspecified atom stereocenters. The first-order chi connectivity index (χ1) is 9.89. The third-order valence-corrected chi connectivity index (χ3v) is 5.23. The van der Waals surface area contributed by atoms with E-state index in [-0.39, 0.29) is 17.5 Å². The molecule has 2 rings (SSSR count). The largest absolute Gasteiger partial charge is 0.480 e. The monoisotopic (exact) mass is 316 g/mol. The number of aryl methyl sites for hydroxylation is 1. The van der Waals surface area contributed by atoms with Crippen LogP contribution in [0.25, 0.3) is 0 Å². The van der Waals surface area contributed by atoms with Gasteiger partial charge in [-0.25, -0.2) is 13.4 Å². The van der Waals surface area contributed by atoms with Crippen LogP contribution >= 0.6 is 0 Å². The fraction of sp³-hybridized carbons (Fsp3) is 0.667. The molecule has 1 fully saturated rings. The molecule has 0 saturated carbocycles. The Morgan fingerprint density at radius 3 is 2.95 bits per heavy atom. The van der Waals surface area contributed by atoms with Crippen LogP contribution in [-0.2, 0) is 21.9 Å². The number of carbonyl (C=O) groups is 1. The summed E-state index contributed by atoms with van der Waals surface area (Å²) >= 11 is 0. The molecule has 0 amide bonds. The van der Waals surface area contributed by atoms with Crippen LogP contribution in [0.1, 0.15) is 12.8 Å². The van der Waals surface area contributed by atoms with Gasteiger partial charge in [0.25, 0.3) is 10.0 Å². The summed E-state index contributed by atoms with van der Waals surface area (Å²) in [5.41, 5.74) is 0. The molecule has 0 bridgehead atoms. The maximum Gasteiger partial charge on any atom is 0.317 e. The molecule has 0 spiro atoms. The van der Waals surface area contributed by atoms with Gasteiger partial charge in [0, 0.05) is 26.3 Å². The minimum Gasteiger partial charge on any atom is -0.480 e. The summed E-state index contributed by atoms with van der Waals surface area (Å²) in [5, 5.41) is 11.5. The second-order valence-corrected chi connectivity index (χ2v) is 7.16. The summed E-state index contributed by atoms with van der Waals surface area (Å²) < 4.78 is 28.0. The van der Waals surface area contributed by atoms with E-state index < -0.39 is 16.0 Å². The molecular weight excluding hydrogens is 296 g/mol. The van der Waals surface area contributed by atoms with E-state index in [1.807, 2.05) is 0 Å². The van der Waals surface area contributed by atoms with E-state index in [0.717, 1.165) is 12.8 Å². The smallest absolute Gasteiger partial charge is 0.317 e. The number of hydrogen-bond acceptors (Lipinski definition) is 5. The lowest BCUT2D eigenvalue weighted by Crippen LogP contribution is -2.43. The molecule has 1 aliphatic rings. The number of piperidine rings is 1. The first-order valence-electron chi connectivity index (χ1n) is 6.80. The van der Waals surface area contributed by atoms with Crippen LogP contribution in [0.5, 0.6) is 0 Å². The summed E-state index contributed by atoms with van der Waals surface area (Å²) in [6.07, 6.45) is 4.61. The fourth-order valence-electron chi connectivity index (χ4n) is 2.45. The van der Waals surface area contributed by atoms with E-state index in [2.05, 4.69) is 10.3 Å².